The number of hydrogen-bond acceptors (Lipinski definition) is 1. The van der Waals surface area contributed by atoms with Crippen molar-refractivity contribution in [2.75, 3.05) is 17.7 Å². The van der Waals surface area contributed by atoms with E-state index >= 15 is 0 Å². The van der Waals surface area contributed by atoms with E-state index in [9.17, 15) is 0 Å². The van der Waals surface area contributed by atoms with Gasteiger partial charge in [0.2, 0.25) is 0 Å². The van der Waals surface area contributed by atoms with Gasteiger partial charge >= 0.3 is 0 Å². The number of benzene rings is 1. The second-order valence-electron chi connectivity index (χ2n) is 2.34. The largest absolute Gasteiger partial charge is 0.385 e. The van der Waals surface area contributed by atoms with Crippen LogP contribution in [0, 0.1) is 0 Å². The molecule has 1 nitrogen and oxygen atoms in total. The fraction of sp³-hybridized carbons (Fsp3) is 0.333. The molecular weight excluding hydrogens is 193 g/mol. The van der Waals surface area contributed by atoms with Crippen molar-refractivity contribution in [3.05, 3.63) is 30.3 Å². The SMILES string of the molecule is Cl.ClCCCNc1ccccc1. The molecule has 0 bridgehead atoms. The number of halogens is 2. The molecule has 1 rings (SSSR count). The van der Waals surface area contributed by atoms with E-state index in [2.05, 4.69) is 5.32 Å². The second-order valence-corrected chi connectivity index (χ2v) is 2.71. The van der Waals surface area contributed by atoms with Gasteiger partial charge < -0.3 is 5.32 Å². The van der Waals surface area contributed by atoms with E-state index in [0.717, 1.165) is 24.5 Å². The lowest BCUT2D eigenvalue weighted by Gasteiger charge is -2.02. The van der Waals surface area contributed by atoms with Crippen LogP contribution in [0.3, 0.4) is 0 Å². The van der Waals surface area contributed by atoms with Crippen molar-refractivity contribution in [3.8, 4) is 0 Å². The maximum atomic E-state index is 5.53. The topological polar surface area (TPSA) is 12.0 Å². The van der Waals surface area contributed by atoms with Crippen LogP contribution in [0.5, 0.6) is 0 Å². The molecule has 0 atom stereocenters. The van der Waals surface area contributed by atoms with Gasteiger partial charge in [0.1, 0.15) is 0 Å². The maximum Gasteiger partial charge on any atom is 0.0340 e. The molecule has 0 aromatic heterocycles. The summed E-state index contributed by atoms with van der Waals surface area (Å²) in [6.45, 7) is 0.952. The molecule has 1 aromatic carbocycles. The Hall–Kier alpha value is -0.400. The highest BCUT2D eigenvalue weighted by Crippen LogP contribution is 2.04. The molecule has 0 aliphatic heterocycles. The van der Waals surface area contributed by atoms with Gasteiger partial charge in [-0.3, -0.25) is 0 Å². The smallest absolute Gasteiger partial charge is 0.0340 e. The van der Waals surface area contributed by atoms with Crippen molar-refractivity contribution >= 4 is 29.7 Å². The molecule has 68 valence electrons. The first kappa shape index (κ1) is 11.6. The van der Waals surface area contributed by atoms with Crippen LogP contribution in [0.4, 0.5) is 5.69 Å². The Morgan fingerprint density at radius 2 is 1.83 bits per heavy atom. The van der Waals surface area contributed by atoms with Crippen LogP contribution < -0.4 is 5.32 Å². The molecule has 0 saturated heterocycles. The molecule has 0 aliphatic carbocycles. The van der Waals surface area contributed by atoms with Gasteiger partial charge in [0.05, 0.1) is 0 Å². The first-order chi connectivity index (χ1) is 5.43. The van der Waals surface area contributed by atoms with Crippen LogP contribution in [-0.4, -0.2) is 12.4 Å². The van der Waals surface area contributed by atoms with Gasteiger partial charge in [-0.1, -0.05) is 18.2 Å². The molecule has 0 heterocycles. The van der Waals surface area contributed by atoms with Gasteiger partial charge in [-0.25, -0.2) is 0 Å². The molecule has 0 spiro atoms. The number of anilines is 1. The highest BCUT2D eigenvalue weighted by atomic mass is 35.5. The highest BCUT2D eigenvalue weighted by Gasteiger charge is 1.86. The van der Waals surface area contributed by atoms with Crippen LogP contribution in [0.25, 0.3) is 0 Å². The fourth-order valence-corrected chi connectivity index (χ4v) is 0.989. The predicted molar refractivity (Wildman–Crippen MR) is 57.5 cm³/mol. The van der Waals surface area contributed by atoms with Crippen LogP contribution in [-0.2, 0) is 0 Å². The molecule has 0 unspecified atom stereocenters. The lowest BCUT2D eigenvalue weighted by Crippen LogP contribution is -2.00. The van der Waals surface area contributed by atoms with Crippen molar-refractivity contribution in [1.29, 1.82) is 0 Å². The zero-order valence-corrected chi connectivity index (χ0v) is 8.37. The third-order valence-electron chi connectivity index (χ3n) is 1.41. The molecule has 12 heavy (non-hydrogen) atoms. The van der Waals surface area contributed by atoms with Crippen LogP contribution in [0.1, 0.15) is 6.42 Å². The lowest BCUT2D eigenvalue weighted by atomic mass is 10.3. The molecular formula is C9H13Cl2N. The summed E-state index contributed by atoms with van der Waals surface area (Å²) >= 11 is 5.53. The monoisotopic (exact) mass is 205 g/mol. The molecule has 0 saturated carbocycles. The number of nitrogens with one attached hydrogen (secondary N) is 1. The van der Waals surface area contributed by atoms with Gasteiger partial charge in [0.25, 0.3) is 0 Å². The Labute approximate surface area is 84.5 Å². The summed E-state index contributed by atoms with van der Waals surface area (Å²) in [6.07, 6.45) is 1.01. The van der Waals surface area contributed by atoms with Gasteiger partial charge in [-0.15, -0.1) is 24.0 Å². The number of para-hydroxylation sites is 1. The van der Waals surface area contributed by atoms with Gasteiger partial charge in [0, 0.05) is 18.1 Å². The average Bonchev–Trinajstić information content (AvgIpc) is 2.07. The van der Waals surface area contributed by atoms with E-state index in [4.69, 9.17) is 11.6 Å². The molecule has 0 radical (unpaired) electrons. The lowest BCUT2D eigenvalue weighted by molar-refractivity contribution is 0.987. The van der Waals surface area contributed by atoms with Crippen molar-refractivity contribution in [1.82, 2.24) is 0 Å². The minimum atomic E-state index is 0. The van der Waals surface area contributed by atoms with E-state index in [0.29, 0.717) is 0 Å². The van der Waals surface area contributed by atoms with Crippen molar-refractivity contribution in [3.63, 3.8) is 0 Å². The van der Waals surface area contributed by atoms with Gasteiger partial charge in [0.15, 0.2) is 0 Å². The molecule has 1 aromatic rings. The standard InChI is InChI=1S/C9H12ClN.ClH/c10-7-4-8-11-9-5-2-1-3-6-9;/h1-3,5-6,11H,4,7-8H2;1H. The summed E-state index contributed by atoms with van der Waals surface area (Å²) in [5, 5.41) is 3.26. The minimum absolute atomic E-state index is 0. The summed E-state index contributed by atoms with van der Waals surface area (Å²) in [7, 11) is 0. The molecule has 0 amide bonds. The molecule has 0 aliphatic rings. The van der Waals surface area contributed by atoms with E-state index < -0.39 is 0 Å². The van der Waals surface area contributed by atoms with E-state index in [1.54, 1.807) is 0 Å². The van der Waals surface area contributed by atoms with Gasteiger partial charge in [-0.05, 0) is 18.6 Å². The predicted octanol–water partition coefficient (Wildman–Crippen LogP) is 3.15. The second kappa shape index (κ2) is 7.26. The van der Waals surface area contributed by atoms with E-state index in [-0.39, 0.29) is 12.4 Å². The number of alkyl halides is 1. The van der Waals surface area contributed by atoms with Crippen LogP contribution in [0.15, 0.2) is 30.3 Å². The Kier molecular flexibility index (Phi) is 7.02. The van der Waals surface area contributed by atoms with Crippen molar-refractivity contribution in [2.24, 2.45) is 0 Å². The van der Waals surface area contributed by atoms with Crippen LogP contribution >= 0.6 is 24.0 Å². The summed E-state index contributed by atoms with van der Waals surface area (Å²) in [5.74, 6) is 0.722. The molecule has 1 N–H and O–H groups in total. The normalized spacial score (nSPS) is 8.75. The summed E-state index contributed by atoms with van der Waals surface area (Å²) in [4.78, 5) is 0. The zero-order chi connectivity index (χ0) is 7.94. The van der Waals surface area contributed by atoms with Gasteiger partial charge in [-0.2, -0.15) is 0 Å². The summed E-state index contributed by atoms with van der Waals surface area (Å²) in [6, 6.07) is 10.1. The Morgan fingerprint density at radius 1 is 1.17 bits per heavy atom. The fourth-order valence-electron chi connectivity index (χ4n) is 0.856. The summed E-state index contributed by atoms with van der Waals surface area (Å²) < 4.78 is 0. The Balaban J connectivity index is 0.00000121. The third-order valence-corrected chi connectivity index (χ3v) is 1.68. The molecule has 3 heteroatoms. The van der Waals surface area contributed by atoms with Crippen molar-refractivity contribution in [2.45, 2.75) is 6.42 Å². The van der Waals surface area contributed by atoms with Crippen LogP contribution in [0.2, 0.25) is 0 Å². The Morgan fingerprint density at radius 3 is 2.42 bits per heavy atom. The maximum absolute atomic E-state index is 5.53. The Bertz CT molecular complexity index is 189. The quantitative estimate of drug-likeness (QED) is 0.589. The molecule has 0 fully saturated rings. The first-order valence-corrected chi connectivity index (χ1v) is 4.32. The summed E-state index contributed by atoms with van der Waals surface area (Å²) in [5.41, 5.74) is 1.16. The van der Waals surface area contributed by atoms with E-state index in [1.165, 1.54) is 0 Å². The minimum Gasteiger partial charge on any atom is -0.385 e. The number of hydrogen-bond donors (Lipinski definition) is 1. The average molecular weight is 206 g/mol. The van der Waals surface area contributed by atoms with Crippen molar-refractivity contribution < 1.29 is 0 Å². The zero-order valence-electron chi connectivity index (χ0n) is 6.79. The highest BCUT2D eigenvalue weighted by molar-refractivity contribution is 6.17. The number of rotatable bonds is 4. The van der Waals surface area contributed by atoms with E-state index in [1.807, 2.05) is 30.3 Å². The first-order valence-electron chi connectivity index (χ1n) is 3.78. The third kappa shape index (κ3) is 4.47.